The Bertz CT molecular complexity index is 941. The van der Waals surface area contributed by atoms with Gasteiger partial charge in [0.25, 0.3) is 5.82 Å². The maximum Gasteiger partial charge on any atom is 0.378 e. The zero-order valence-corrected chi connectivity index (χ0v) is 15.7. The summed E-state index contributed by atoms with van der Waals surface area (Å²) >= 11 is 0. The molecule has 2 aromatic rings. The second kappa shape index (κ2) is 6.64. The van der Waals surface area contributed by atoms with E-state index in [4.69, 9.17) is 4.74 Å². The number of rotatable bonds is 3. The summed E-state index contributed by atoms with van der Waals surface area (Å²) in [4.78, 5) is 28.9. The first-order valence-electron chi connectivity index (χ1n) is 9.17. The molecule has 7 heteroatoms. The molecule has 0 unspecified atom stereocenters. The molecule has 1 aliphatic carbocycles. The number of hydrogen-bond donors (Lipinski definition) is 1. The molecule has 0 bridgehead atoms. The predicted molar refractivity (Wildman–Crippen MR) is 99.5 cm³/mol. The van der Waals surface area contributed by atoms with Crippen molar-refractivity contribution >= 4 is 17.7 Å². The van der Waals surface area contributed by atoms with E-state index in [9.17, 15) is 9.59 Å². The number of nitrogens with one attached hydrogen (secondary N) is 1. The van der Waals surface area contributed by atoms with Crippen molar-refractivity contribution in [1.82, 2.24) is 14.8 Å². The first-order chi connectivity index (χ1) is 13.0. The fraction of sp³-hybridized carbons (Fsp3) is 0.400. The number of allylic oxidation sites excluding steroid dienone is 2. The molecule has 2 heterocycles. The Morgan fingerprint density at radius 3 is 2.67 bits per heavy atom. The quantitative estimate of drug-likeness (QED) is 0.840. The summed E-state index contributed by atoms with van der Waals surface area (Å²) in [6.45, 7) is 4.28. The molecule has 0 amide bonds. The highest BCUT2D eigenvalue weighted by Crippen LogP contribution is 2.40. The number of aromatic nitrogens is 3. The number of carbonyl (C=O) groups excluding carboxylic acids is 2. The minimum absolute atomic E-state index is 0.0175. The molecule has 0 saturated heterocycles. The van der Waals surface area contributed by atoms with Crippen molar-refractivity contribution < 1.29 is 14.3 Å². The molecular weight excluding hydrogens is 344 g/mol. The molecule has 1 N–H and O–H groups in total. The Morgan fingerprint density at radius 2 is 2.00 bits per heavy atom. The van der Waals surface area contributed by atoms with Crippen LogP contribution in [0.3, 0.4) is 0 Å². The van der Waals surface area contributed by atoms with E-state index in [1.54, 1.807) is 4.68 Å². The number of carbonyl (C=O) groups is 2. The van der Waals surface area contributed by atoms with Crippen molar-refractivity contribution in [2.45, 2.75) is 45.1 Å². The SMILES string of the molecule is COC(=O)c1nc2n(n1)[C@@H](c1ccc(C(C)C)cc1)C1=C(CCCC1=O)N2. The first-order valence-corrected chi connectivity index (χ1v) is 9.17. The largest absolute Gasteiger partial charge is 0.463 e. The number of hydrogen-bond acceptors (Lipinski definition) is 6. The Kier molecular flexibility index (Phi) is 4.30. The van der Waals surface area contributed by atoms with Gasteiger partial charge in [0.15, 0.2) is 5.78 Å². The van der Waals surface area contributed by atoms with E-state index in [1.165, 1.54) is 12.7 Å². The summed E-state index contributed by atoms with van der Waals surface area (Å²) in [6.07, 6.45) is 2.11. The molecule has 2 aliphatic rings. The van der Waals surface area contributed by atoms with Gasteiger partial charge in [-0.15, -0.1) is 5.10 Å². The lowest BCUT2D eigenvalue weighted by atomic mass is 9.85. The van der Waals surface area contributed by atoms with E-state index in [2.05, 4.69) is 41.4 Å². The van der Waals surface area contributed by atoms with E-state index in [0.29, 0.717) is 23.9 Å². The molecular formula is C20H22N4O3. The van der Waals surface area contributed by atoms with Crippen LogP contribution >= 0.6 is 0 Å². The van der Waals surface area contributed by atoms with Crippen molar-refractivity contribution in [3.63, 3.8) is 0 Å². The van der Waals surface area contributed by atoms with E-state index in [0.717, 1.165) is 24.1 Å². The number of benzene rings is 1. The smallest absolute Gasteiger partial charge is 0.378 e. The van der Waals surface area contributed by atoms with Gasteiger partial charge in [-0.1, -0.05) is 38.1 Å². The maximum atomic E-state index is 12.7. The molecule has 1 aromatic heterocycles. The van der Waals surface area contributed by atoms with E-state index < -0.39 is 12.0 Å². The van der Waals surface area contributed by atoms with Crippen LogP contribution in [0.15, 0.2) is 35.5 Å². The summed E-state index contributed by atoms with van der Waals surface area (Å²) in [7, 11) is 1.30. The lowest BCUT2D eigenvalue weighted by Gasteiger charge is -2.32. The van der Waals surface area contributed by atoms with Gasteiger partial charge < -0.3 is 10.1 Å². The lowest BCUT2D eigenvalue weighted by Crippen LogP contribution is -2.31. The number of esters is 1. The van der Waals surface area contributed by atoms with E-state index in [-0.39, 0.29) is 11.6 Å². The van der Waals surface area contributed by atoms with Crippen LogP contribution in [0.5, 0.6) is 0 Å². The third-order valence-corrected chi connectivity index (χ3v) is 5.15. The van der Waals surface area contributed by atoms with Crippen LogP contribution in [-0.4, -0.2) is 33.6 Å². The van der Waals surface area contributed by atoms with Crippen molar-refractivity contribution in [2.24, 2.45) is 0 Å². The van der Waals surface area contributed by atoms with Crippen LogP contribution in [0.25, 0.3) is 0 Å². The summed E-state index contributed by atoms with van der Waals surface area (Å²) in [5.41, 5.74) is 3.77. The van der Waals surface area contributed by atoms with Gasteiger partial charge in [-0.2, -0.15) is 4.98 Å². The number of ketones is 1. The van der Waals surface area contributed by atoms with Crippen molar-refractivity contribution in [3.05, 3.63) is 52.5 Å². The molecule has 0 saturated carbocycles. The van der Waals surface area contributed by atoms with Gasteiger partial charge in [0, 0.05) is 17.7 Å². The van der Waals surface area contributed by atoms with Crippen LogP contribution < -0.4 is 5.32 Å². The fourth-order valence-electron chi connectivity index (χ4n) is 3.71. The van der Waals surface area contributed by atoms with Gasteiger partial charge >= 0.3 is 5.97 Å². The molecule has 0 radical (unpaired) electrons. The number of Topliss-reactive ketones (excluding diaryl/α,β-unsaturated/α-hetero) is 1. The van der Waals surface area contributed by atoms with Crippen LogP contribution in [-0.2, 0) is 9.53 Å². The second-order valence-corrected chi connectivity index (χ2v) is 7.21. The normalized spacial score (nSPS) is 18.8. The third-order valence-electron chi connectivity index (χ3n) is 5.15. The zero-order valence-electron chi connectivity index (χ0n) is 15.7. The number of methoxy groups -OCH3 is 1. The van der Waals surface area contributed by atoms with Gasteiger partial charge in [0.2, 0.25) is 5.95 Å². The Morgan fingerprint density at radius 1 is 1.26 bits per heavy atom. The Balaban J connectivity index is 1.85. The predicted octanol–water partition coefficient (Wildman–Crippen LogP) is 3.21. The van der Waals surface area contributed by atoms with Gasteiger partial charge in [-0.25, -0.2) is 9.48 Å². The third kappa shape index (κ3) is 2.93. The van der Waals surface area contributed by atoms with Crippen LogP contribution in [0.2, 0.25) is 0 Å². The summed E-state index contributed by atoms with van der Waals surface area (Å²) in [6, 6.07) is 7.82. The fourth-order valence-corrected chi connectivity index (χ4v) is 3.71. The minimum atomic E-state index is -0.600. The van der Waals surface area contributed by atoms with Crippen molar-refractivity contribution in [3.8, 4) is 0 Å². The van der Waals surface area contributed by atoms with Crippen LogP contribution in [0.4, 0.5) is 5.95 Å². The molecule has 4 rings (SSSR count). The summed E-state index contributed by atoms with van der Waals surface area (Å²) < 4.78 is 6.37. The molecule has 0 spiro atoms. The average molecular weight is 366 g/mol. The molecule has 140 valence electrons. The summed E-state index contributed by atoms with van der Waals surface area (Å²) in [5.74, 6) is 0.378. The highest BCUT2D eigenvalue weighted by molar-refractivity contribution is 5.99. The van der Waals surface area contributed by atoms with Gasteiger partial charge in [0.05, 0.1) is 7.11 Å². The molecule has 1 aromatic carbocycles. The van der Waals surface area contributed by atoms with Crippen LogP contribution in [0.1, 0.15) is 66.8 Å². The monoisotopic (exact) mass is 366 g/mol. The zero-order chi connectivity index (χ0) is 19.1. The van der Waals surface area contributed by atoms with Gasteiger partial charge in [-0.05, 0) is 29.9 Å². The molecule has 0 fully saturated rings. The standard InChI is InChI=1S/C20H22N4O3/c1-11(2)12-7-9-13(10-8-12)17-16-14(5-4-6-15(16)25)21-20-22-18(19(26)27-3)23-24(17)20/h7-11,17H,4-6H2,1-3H3,(H,21,22,23)/t17-/m0/s1. The molecule has 7 nitrogen and oxygen atoms in total. The van der Waals surface area contributed by atoms with E-state index in [1.807, 2.05) is 12.1 Å². The number of nitrogens with zero attached hydrogens (tertiary/aromatic N) is 3. The van der Waals surface area contributed by atoms with Crippen molar-refractivity contribution in [1.29, 1.82) is 0 Å². The van der Waals surface area contributed by atoms with E-state index >= 15 is 0 Å². The second-order valence-electron chi connectivity index (χ2n) is 7.21. The van der Waals surface area contributed by atoms with Gasteiger partial charge in [-0.3, -0.25) is 4.79 Å². The highest BCUT2D eigenvalue weighted by atomic mass is 16.5. The lowest BCUT2D eigenvalue weighted by molar-refractivity contribution is -0.116. The average Bonchev–Trinajstić information content (AvgIpc) is 3.09. The molecule has 1 atom stereocenters. The number of ether oxygens (including phenoxy) is 1. The molecule has 1 aliphatic heterocycles. The topological polar surface area (TPSA) is 86.1 Å². The minimum Gasteiger partial charge on any atom is -0.463 e. The Labute approximate surface area is 157 Å². The summed E-state index contributed by atoms with van der Waals surface area (Å²) in [5, 5.41) is 7.54. The first kappa shape index (κ1) is 17.5. The highest BCUT2D eigenvalue weighted by Gasteiger charge is 2.37. The number of anilines is 1. The Hall–Kier alpha value is -2.96. The maximum absolute atomic E-state index is 12.7. The van der Waals surface area contributed by atoms with Gasteiger partial charge in [0.1, 0.15) is 6.04 Å². The molecule has 27 heavy (non-hydrogen) atoms. The number of fused-ring (bicyclic) bond motifs is 1. The van der Waals surface area contributed by atoms with Crippen molar-refractivity contribution in [2.75, 3.05) is 12.4 Å². The van der Waals surface area contributed by atoms with Crippen LogP contribution in [0, 0.1) is 0 Å².